The molecule has 114 heavy (non-hydrogen) atoms. The number of hydrogen-bond donors (Lipinski definition) is 1. The summed E-state index contributed by atoms with van der Waals surface area (Å²) in [5.74, 6) is 2.41. The fraction of sp³-hybridized carbons (Fsp3) is 0.256. The topological polar surface area (TPSA) is 221 Å². The summed E-state index contributed by atoms with van der Waals surface area (Å²) in [5, 5.41) is 5.81. The second-order valence-electron chi connectivity index (χ2n) is 28.6. The monoisotopic (exact) mass is 1560 g/mol. The molecule has 3 aromatic heterocycles. The van der Waals surface area contributed by atoms with E-state index >= 15 is 0 Å². The molecule has 0 saturated heterocycles. The van der Waals surface area contributed by atoms with E-state index in [2.05, 4.69) is 11.4 Å². The van der Waals surface area contributed by atoms with Gasteiger partial charge in [0.1, 0.15) is 77.4 Å². The van der Waals surface area contributed by atoms with Crippen molar-refractivity contribution in [3.05, 3.63) is 300 Å². The molecule has 3 aliphatic rings. The molecule has 0 bridgehead atoms. The van der Waals surface area contributed by atoms with Gasteiger partial charge in [-0.3, -0.25) is 29.3 Å². The van der Waals surface area contributed by atoms with Crippen LogP contribution in [-0.4, -0.2) is 142 Å². The van der Waals surface area contributed by atoms with Crippen molar-refractivity contribution >= 4 is 66.7 Å². The number of nitrogens with zero attached hydrogens (tertiary/aromatic N) is 7. The Hall–Kier alpha value is -12.3. The number of likely N-dealkylation sites (N-methyl/N-ethyl adjacent to an activating group) is 2. The van der Waals surface area contributed by atoms with Crippen LogP contribution in [0.3, 0.4) is 0 Å². The summed E-state index contributed by atoms with van der Waals surface area (Å²) in [7, 11) is 10.2. The van der Waals surface area contributed by atoms with Gasteiger partial charge in [0, 0.05) is 95.5 Å². The lowest BCUT2D eigenvalue weighted by Gasteiger charge is -2.20. The zero-order valence-corrected chi connectivity index (χ0v) is 65.7. The van der Waals surface area contributed by atoms with Crippen LogP contribution >= 0.6 is 0 Å². The smallest absolute Gasteiger partial charge is 0.258 e. The van der Waals surface area contributed by atoms with Gasteiger partial charge in [0.05, 0.1) is 44.3 Å². The van der Waals surface area contributed by atoms with E-state index in [9.17, 15) is 40.8 Å². The van der Waals surface area contributed by atoms with E-state index in [-0.39, 0.29) is 61.4 Å². The largest absolute Gasteiger partial charge is 0.497 e. The molecule has 0 spiro atoms. The summed E-state index contributed by atoms with van der Waals surface area (Å²) in [6, 6.07) is 48.1. The van der Waals surface area contributed by atoms with Gasteiger partial charge >= 0.3 is 0 Å². The SMILES string of the molecule is CNCCc1c2c(c(OCc3ccc(OC)cc3)c3ncc(Cc4ccc(F)cc4)cc13)C(=O)N(C)C2.COc1ccc(COc2c3c(c(CC=O)c4cc(Cc5ccc(F)cc5)cnc24)CN(C)C3=O)cc1.COc1ccc(COc2c3c(c(CCN(C)S(C)(=O)=O)c4cc(Cc5ccc(F)cc5)cnc24)CN(C)C3=O)cc1. The van der Waals surface area contributed by atoms with Crippen molar-refractivity contribution in [3.63, 3.8) is 0 Å². The van der Waals surface area contributed by atoms with Gasteiger partial charge in [0.15, 0.2) is 17.2 Å². The van der Waals surface area contributed by atoms with Gasteiger partial charge in [0.2, 0.25) is 10.0 Å². The molecule has 3 aliphatic heterocycles. The second-order valence-corrected chi connectivity index (χ2v) is 30.7. The molecule has 6 heterocycles. The lowest BCUT2D eigenvalue weighted by molar-refractivity contribution is -0.107. The number of benzene rings is 9. The zero-order valence-electron chi connectivity index (χ0n) is 64.9. The first-order valence-corrected chi connectivity index (χ1v) is 39.0. The van der Waals surface area contributed by atoms with E-state index in [0.29, 0.717) is 102 Å². The number of carbonyl (C=O) groups is 4. The maximum absolute atomic E-state index is 13.5. The minimum atomic E-state index is -3.39. The Balaban J connectivity index is 0.000000150. The maximum atomic E-state index is 13.5. The summed E-state index contributed by atoms with van der Waals surface area (Å²) in [6.45, 7) is 3.09. The first-order chi connectivity index (χ1) is 55.0. The van der Waals surface area contributed by atoms with E-state index in [1.54, 1.807) is 106 Å². The first kappa shape index (κ1) is 79.8. The summed E-state index contributed by atoms with van der Waals surface area (Å²) < 4.78 is 101. The predicted molar refractivity (Wildman–Crippen MR) is 431 cm³/mol. The molecule has 24 heteroatoms. The van der Waals surface area contributed by atoms with Crippen molar-refractivity contribution in [3.8, 4) is 34.5 Å². The van der Waals surface area contributed by atoms with Gasteiger partial charge in [-0.05, 0) is 220 Å². The molecule has 0 atom stereocenters. The fourth-order valence-corrected chi connectivity index (χ4v) is 15.0. The third-order valence-electron chi connectivity index (χ3n) is 20.7. The summed E-state index contributed by atoms with van der Waals surface area (Å²) in [4.78, 5) is 70.8. The Morgan fingerprint density at radius 2 is 0.746 bits per heavy atom. The van der Waals surface area contributed by atoms with Crippen molar-refractivity contribution in [2.24, 2.45) is 0 Å². The molecule has 0 aliphatic carbocycles. The van der Waals surface area contributed by atoms with Crippen LogP contribution in [0.1, 0.15) is 115 Å². The highest BCUT2D eigenvalue weighted by Gasteiger charge is 2.38. The molecule has 586 valence electrons. The molecule has 0 fully saturated rings. The van der Waals surface area contributed by atoms with E-state index in [4.69, 9.17) is 43.4 Å². The third kappa shape index (κ3) is 17.8. The Morgan fingerprint density at radius 1 is 0.447 bits per heavy atom. The van der Waals surface area contributed by atoms with Crippen molar-refractivity contribution in [1.29, 1.82) is 0 Å². The van der Waals surface area contributed by atoms with Crippen LogP contribution in [0.4, 0.5) is 13.2 Å². The normalized spacial score (nSPS) is 12.9. The molecule has 1 N–H and O–H groups in total. The van der Waals surface area contributed by atoms with Gasteiger partial charge in [-0.25, -0.2) is 25.9 Å². The average Bonchev–Trinajstić information content (AvgIpc) is 1.57. The van der Waals surface area contributed by atoms with Gasteiger partial charge in [-0.1, -0.05) is 72.8 Å². The van der Waals surface area contributed by atoms with Crippen LogP contribution in [0.5, 0.6) is 34.5 Å². The molecule has 20 nitrogen and oxygen atoms in total. The summed E-state index contributed by atoms with van der Waals surface area (Å²) in [6.07, 6.45) is 10.4. The Labute approximate surface area is 660 Å². The number of rotatable bonds is 27. The lowest BCUT2D eigenvalue weighted by Crippen LogP contribution is -2.28. The van der Waals surface area contributed by atoms with Crippen molar-refractivity contribution in [2.75, 3.05) is 75.9 Å². The number of pyridine rings is 3. The fourth-order valence-electron chi connectivity index (χ4n) is 14.6. The van der Waals surface area contributed by atoms with Crippen LogP contribution in [-0.2, 0) is 92.8 Å². The maximum Gasteiger partial charge on any atom is 0.258 e. The van der Waals surface area contributed by atoms with Crippen molar-refractivity contribution in [2.45, 2.75) is 78.0 Å². The van der Waals surface area contributed by atoms with Crippen LogP contribution in [0.25, 0.3) is 32.7 Å². The number of nitrogens with one attached hydrogen (secondary N) is 1. The first-order valence-electron chi connectivity index (χ1n) is 37.2. The van der Waals surface area contributed by atoms with E-state index in [1.165, 1.54) is 47.0 Å². The molecular weight excluding hydrogens is 1470 g/mol. The zero-order chi connectivity index (χ0) is 80.5. The highest BCUT2D eigenvalue weighted by molar-refractivity contribution is 7.88. The summed E-state index contributed by atoms with van der Waals surface area (Å²) >= 11 is 0. The van der Waals surface area contributed by atoms with E-state index < -0.39 is 10.0 Å². The van der Waals surface area contributed by atoms with Gasteiger partial charge in [0.25, 0.3) is 17.7 Å². The number of sulfonamides is 1. The minimum absolute atomic E-state index is 0.0514. The number of amides is 3. The van der Waals surface area contributed by atoms with Crippen LogP contribution in [0.2, 0.25) is 0 Å². The van der Waals surface area contributed by atoms with Crippen molar-refractivity contribution in [1.82, 2.24) is 39.3 Å². The Kier molecular flexibility index (Phi) is 24.6. The number of halogens is 3. The highest BCUT2D eigenvalue weighted by Crippen LogP contribution is 2.45. The number of hydrogen-bond acceptors (Lipinski definition) is 16. The Bertz CT molecular complexity index is 5710. The number of methoxy groups -OCH3 is 3. The number of aromatic nitrogens is 3. The highest BCUT2D eigenvalue weighted by atomic mass is 32.2. The second kappa shape index (κ2) is 35.2. The number of aldehydes is 1. The summed E-state index contributed by atoms with van der Waals surface area (Å²) in [5.41, 5.74) is 17.2. The average molecular weight is 1560 g/mol. The minimum Gasteiger partial charge on any atom is -0.497 e. The van der Waals surface area contributed by atoms with Gasteiger partial charge in [-0.2, -0.15) is 0 Å². The van der Waals surface area contributed by atoms with Crippen LogP contribution in [0, 0.1) is 17.5 Å². The van der Waals surface area contributed by atoms with E-state index in [1.807, 2.05) is 105 Å². The van der Waals surface area contributed by atoms with Gasteiger partial charge < -0.3 is 53.2 Å². The number of ether oxygens (including phenoxy) is 6. The molecule has 12 aromatic rings. The quantitative estimate of drug-likeness (QED) is 0.0473. The molecule has 3 amide bonds. The molecule has 0 unspecified atom stereocenters. The van der Waals surface area contributed by atoms with Gasteiger partial charge in [-0.15, -0.1) is 0 Å². The number of carbonyl (C=O) groups excluding carboxylic acids is 4. The molecule has 15 rings (SSSR count). The van der Waals surface area contributed by atoms with Crippen LogP contribution < -0.4 is 33.7 Å². The molecular formula is C90H87F3N8O12S. The third-order valence-corrected chi connectivity index (χ3v) is 22.1. The molecule has 0 radical (unpaired) electrons. The molecule has 9 aromatic carbocycles. The molecule has 0 saturated carbocycles. The van der Waals surface area contributed by atoms with Crippen molar-refractivity contribution < 1.29 is 69.2 Å². The van der Waals surface area contributed by atoms with Crippen LogP contribution in [0.15, 0.2) is 182 Å². The Morgan fingerprint density at radius 3 is 1.04 bits per heavy atom. The van der Waals surface area contributed by atoms with E-state index in [0.717, 1.165) is 136 Å². The number of fused-ring (bicyclic) bond motifs is 6. The lowest BCUT2D eigenvalue weighted by atomic mass is 9.93. The predicted octanol–water partition coefficient (Wildman–Crippen LogP) is 14.4. The standard InChI is InChI=1S/C31H32FN3O5S.C30H30FN3O3.C29H25FN2O4/c1-34-18-27-25(13-14-35(2)41(4,37)38)26-16-22(15-20-5-9-23(32)10-6-20)17-33-29(26)30(28(27)31(34)36)40-19-21-7-11-24(39-3)12-8-21;1-32-13-12-24-25-15-21(14-19-4-8-22(31)9-5-19)16-33-28(25)29(27-26(24)17-34(2)30(27)35)37-18-20-6-10-23(36-3)11-7-20;1-32-16-25-23(11-12-33)24-14-20(13-18-3-7-21(30)8-4-18)15-31-27(24)28(26(25)29(32)34)36-17-19-5-9-22(35-2)10-6-19/h5-12,16-17H,13-15,18-19H2,1-4H3;4-11,15-16,32H,12-14,17-18H2,1-3H3;3-10,12,14-15H,11,13,16-17H2,1-2H3.